The maximum atomic E-state index is 13.3. The average Bonchev–Trinajstić information content (AvgIpc) is 2.74. The van der Waals surface area contributed by atoms with Gasteiger partial charge in [-0.2, -0.15) is 13.2 Å². The molecule has 2 aromatic carbocycles. The summed E-state index contributed by atoms with van der Waals surface area (Å²) in [6.07, 6.45) is -2.33. The molecule has 0 saturated carbocycles. The minimum atomic E-state index is -4.75. The normalized spacial score (nSPS) is 11.8. The lowest BCUT2D eigenvalue weighted by Crippen LogP contribution is -2.38. The lowest BCUT2D eigenvalue weighted by molar-refractivity contribution is -0.137. The molecule has 0 aliphatic carbocycles. The Labute approximate surface area is 185 Å². The largest absolute Gasteiger partial charge is 0.417 e. The molecule has 0 aliphatic rings. The molecule has 0 atom stereocenters. The predicted molar refractivity (Wildman–Crippen MR) is 110 cm³/mol. The number of hydrogen-bond donors (Lipinski definition) is 1. The number of sulfonamides is 1. The van der Waals surface area contributed by atoms with Crippen molar-refractivity contribution < 1.29 is 30.8 Å². The lowest BCUT2D eigenvalue weighted by Gasteiger charge is -2.24. The van der Waals surface area contributed by atoms with Gasteiger partial charge in [0.05, 0.1) is 16.3 Å². The Hall–Kier alpha value is -3.18. The van der Waals surface area contributed by atoms with Crippen LogP contribution < -0.4 is 9.62 Å². The fraction of sp³-hybridized carbons (Fsp3) is 0.100. The molecule has 3 rings (SSSR count). The molecule has 0 bridgehead atoms. The number of amides is 1. The Morgan fingerprint density at radius 3 is 2.38 bits per heavy atom. The van der Waals surface area contributed by atoms with Gasteiger partial charge in [0.1, 0.15) is 17.3 Å². The Morgan fingerprint density at radius 2 is 1.78 bits per heavy atom. The highest BCUT2D eigenvalue weighted by atomic mass is 35.5. The second-order valence-electron chi connectivity index (χ2n) is 6.42. The number of nitrogens with zero attached hydrogens (tertiary/aromatic N) is 2. The van der Waals surface area contributed by atoms with Crippen LogP contribution in [0, 0.1) is 5.82 Å². The van der Waals surface area contributed by atoms with Gasteiger partial charge in [0.2, 0.25) is 5.91 Å². The van der Waals surface area contributed by atoms with Gasteiger partial charge in [-0.15, -0.1) is 0 Å². The third kappa shape index (κ3) is 5.35. The van der Waals surface area contributed by atoms with Crippen molar-refractivity contribution in [3.63, 3.8) is 0 Å². The molecule has 1 amide bonds. The first kappa shape index (κ1) is 23.5. The fourth-order valence-electron chi connectivity index (χ4n) is 2.70. The minimum absolute atomic E-state index is 0.0301. The van der Waals surface area contributed by atoms with Crippen LogP contribution in [0.2, 0.25) is 5.02 Å². The topological polar surface area (TPSA) is 79.4 Å². The summed E-state index contributed by atoms with van der Waals surface area (Å²) in [5.74, 6) is -1.56. The molecular weight excluding hydrogens is 474 g/mol. The number of aromatic nitrogens is 1. The molecule has 0 radical (unpaired) electrons. The summed E-state index contributed by atoms with van der Waals surface area (Å²) in [4.78, 5) is 16.1. The van der Waals surface area contributed by atoms with E-state index in [9.17, 15) is 30.8 Å². The van der Waals surface area contributed by atoms with Crippen LogP contribution in [0.3, 0.4) is 0 Å². The Morgan fingerprint density at radius 1 is 1.09 bits per heavy atom. The first-order chi connectivity index (χ1) is 15.0. The predicted octanol–water partition coefficient (Wildman–Crippen LogP) is 4.73. The maximum Gasteiger partial charge on any atom is 0.417 e. The molecule has 0 spiro atoms. The highest BCUT2D eigenvalue weighted by Gasteiger charge is 2.34. The third-order valence-electron chi connectivity index (χ3n) is 4.18. The van der Waals surface area contributed by atoms with Crippen LogP contribution in [-0.4, -0.2) is 25.9 Å². The molecule has 0 fully saturated rings. The average molecular weight is 488 g/mol. The van der Waals surface area contributed by atoms with Crippen LogP contribution in [0.25, 0.3) is 0 Å². The van der Waals surface area contributed by atoms with Crippen LogP contribution in [0.4, 0.5) is 28.9 Å². The number of carbonyl (C=O) groups excluding carboxylic acids is 1. The van der Waals surface area contributed by atoms with E-state index in [1.54, 1.807) is 0 Å². The van der Waals surface area contributed by atoms with Gasteiger partial charge >= 0.3 is 6.18 Å². The highest BCUT2D eigenvalue weighted by Crippen LogP contribution is 2.36. The zero-order chi connectivity index (χ0) is 23.5. The van der Waals surface area contributed by atoms with E-state index in [4.69, 9.17) is 11.6 Å². The fourth-order valence-corrected chi connectivity index (χ4v) is 4.31. The molecule has 0 saturated heterocycles. The van der Waals surface area contributed by atoms with Crippen molar-refractivity contribution in [1.82, 2.24) is 4.98 Å². The SMILES string of the molecule is O=C(CN(c1ccc(F)cc1)S(=O)(=O)c1cccnc1)Nc1ccc(Cl)c(C(F)(F)F)c1. The van der Waals surface area contributed by atoms with Crippen LogP contribution in [0.5, 0.6) is 0 Å². The highest BCUT2D eigenvalue weighted by molar-refractivity contribution is 7.92. The number of halogens is 5. The molecule has 12 heteroatoms. The number of benzene rings is 2. The van der Waals surface area contributed by atoms with Gasteiger partial charge in [-0.1, -0.05) is 11.6 Å². The molecule has 1 N–H and O–H groups in total. The molecule has 3 aromatic rings. The van der Waals surface area contributed by atoms with E-state index in [-0.39, 0.29) is 16.3 Å². The van der Waals surface area contributed by atoms with Crippen molar-refractivity contribution in [2.45, 2.75) is 11.1 Å². The van der Waals surface area contributed by atoms with Crippen LogP contribution in [0.15, 0.2) is 71.9 Å². The second-order valence-corrected chi connectivity index (χ2v) is 8.69. The van der Waals surface area contributed by atoms with Gasteiger partial charge in [0.15, 0.2) is 0 Å². The van der Waals surface area contributed by atoms with E-state index in [1.165, 1.54) is 18.3 Å². The molecule has 32 heavy (non-hydrogen) atoms. The van der Waals surface area contributed by atoms with E-state index in [2.05, 4.69) is 10.3 Å². The van der Waals surface area contributed by atoms with E-state index in [0.29, 0.717) is 10.4 Å². The van der Waals surface area contributed by atoms with E-state index >= 15 is 0 Å². The second kappa shape index (κ2) is 9.13. The molecule has 1 heterocycles. The first-order valence-electron chi connectivity index (χ1n) is 8.83. The molecule has 6 nitrogen and oxygen atoms in total. The summed E-state index contributed by atoms with van der Waals surface area (Å²) in [5.41, 5.74) is -1.42. The number of nitrogens with one attached hydrogen (secondary N) is 1. The molecule has 168 valence electrons. The van der Waals surface area contributed by atoms with E-state index < -0.39 is 45.1 Å². The quantitative estimate of drug-likeness (QED) is 0.510. The van der Waals surface area contributed by atoms with Crippen molar-refractivity contribution in [3.8, 4) is 0 Å². The van der Waals surface area contributed by atoms with Gasteiger partial charge in [-0.3, -0.25) is 14.1 Å². The van der Waals surface area contributed by atoms with Crippen molar-refractivity contribution >= 4 is 38.9 Å². The van der Waals surface area contributed by atoms with Gasteiger partial charge in [0, 0.05) is 18.1 Å². The lowest BCUT2D eigenvalue weighted by atomic mass is 10.2. The summed E-state index contributed by atoms with van der Waals surface area (Å²) in [6.45, 7) is -0.799. The standard InChI is InChI=1S/C20H14ClF4N3O3S/c21-18-8-5-14(10-17(18)20(23,24)25)27-19(29)12-28(15-6-3-13(22)4-7-15)32(30,31)16-2-1-9-26-11-16/h1-11H,12H2,(H,27,29). The number of hydrogen-bond acceptors (Lipinski definition) is 4. The molecule has 0 aliphatic heterocycles. The molecular formula is C20H14ClF4N3O3S. The smallest absolute Gasteiger partial charge is 0.324 e. The van der Waals surface area contributed by atoms with Crippen LogP contribution >= 0.6 is 11.6 Å². The van der Waals surface area contributed by atoms with Crippen molar-refractivity contribution in [3.05, 3.63) is 83.4 Å². The van der Waals surface area contributed by atoms with Crippen molar-refractivity contribution in [2.24, 2.45) is 0 Å². The zero-order valence-electron chi connectivity index (χ0n) is 16.0. The van der Waals surface area contributed by atoms with Crippen LogP contribution in [-0.2, 0) is 21.0 Å². The van der Waals surface area contributed by atoms with Gasteiger partial charge < -0.3 is 5.32 Å². The summed E-state index contributed by atoms with van der Waals surface area (Å²) in [5, 5.41) is 1.67. The van der Waals surface area contributed by atoms with Crippen molar-refractivity contribution in [1.29, 1.82) is 0 Å². The summed E-state index contributed by atoms with van der Waals surface area (Å²) in [7, 11) is -4.31. The summed E-state index contributed by atoms with van der Waals surface area (Å²) >= 11 is 5.57. The van der Waals surface area contributed by atoms with Crippen molar-refractivity contribution in [2.75, 3.05) is 16.2 Å². The monoisotopic (exact) mass is 487 g/mol. The number of anilines is 2. The number of pyridine rings is 1. The van der Waals surface area contributed by atoms with E-state index in [0.717, 1.165) is 42.6 Å². The number of alkyl halides is 3. The van der Waals surface area contributed by atoms with Gasteiger partial charge in [0.25, 0.3) is 10.0 Å². The van der Waals surface area contributed by atoms with Gasteiger partial charge in [-0.05, 0) is 54.6 Å². The first-order valence-corrected chi connectivity index (χ1v) is 10.7. The zero-order valence-corrected chi connectivity index (χ0v) is 17.5. The Kier molecular flexibility index (Phi) is 6.70. The number of carbonyl (C=O) groups is 1. The summed E-state index contributed by atoms with van der Waals surface area (Å²) in [6, 6.07) is 9.70. The number of rotatable bonds is 6. The minimum Gasteiger partial charge on any atom is -0.324 e. The Balaban J connectivity index is 1.92. The van der Waals surface area contributed by atoms with E-state index in [1.807, 2.05) is 0 Å². The Bertz CT molecular complexity index is 1220. The molecule has 1 aromatic heterocycles. The maximum absolute atomic E-state index is 13.3. The molecule has 0 unspecified atom stereocenters. The van der Waals surface area contributed by atoms with Gasteiger partial charge in [-0.25, -0.2) is 12.8 Å². The summed E-state index contributed by atoms with van der Waals surface area (Å²) < 4.78 is 79.3. The third-order valence-corrected chi connectivity index (χ3v) is 6.27. The van der Waals surface area contributed by atoms with Crippen LogP contribution in [0.1, 0.15) is 5.56 Å².